The number of allylic oxidation sites excluding steroid dienone is 2. The maximum absolute atomic E-state index is 4.27. The van der Waals surface area contributed by atoms with E-state index in [-0.39, 0.29) is 7.43 Å². The Morgan fingerprint density at radius 2 is 1.87 bits per heavy atom. The zero-order chi connectivity index (χ0) is 10.2. The smallest absolute Gasteiger partial charge is 0.0664 e. The van der Waals surface area contributed by atoms with Crippen molar-refractivity contribution in [3.63, 3.8) is 0 Å². The molecule has 0 amide bonds. The summed E-state index contributed by atoms with van der Waals surface area (Å²) < 4.78 is 0. The average Bonchev–Trinajstić information content (AvgIpc) is 2.43. The molecule has 2 rings (SSSR count). The number of hydrogen-bond acceptors (Lipinski definition) is 1. The first-order valence-corrected chi connectivity index (χ1v) is 5.15. The molecule has 1 heteroatoms. The van der Waals surface area contributed by atoms with Crippen molar-refractivity contribution < 1.29 is 0 Å². The molecule has 0 N–H and O–H groups in total. The second-order valence-corrected chi connectivity index (χ2v) is 3.25. The van der Waals surface area contributed by atoms with Crippen molar-refractivity contribution in [1.29, 1.82) is 0 Å². The van der Waals surface area contributed by atoms with Crippen LogP contribution in [0.4, 0.5) is 5.69 Å². The Hall–Kier alpha value is -1.37. The van der Waals surface area contributed by atoms with Gasteiger partial charge in [0.1, 0.15) is 0 Å². The molecule has 1 heterocycles. The lowest BCUT2D eigenvalue weighted by Crippen LogP contribution is -1.78. The zero-order valence-electron chi connectivity index (χ0n) is 8.90. The molecule has 0 bridgehead atoms. The minimum atomic E-state index is 0. The molecule has 1 aliphatic rings. The minimum absolute atomic E-state index is 0. The van der Waals surface area contributed by atoms with E-state index in [0.29, 0.717) is 0 Å². The minimum Gasteiger partial charge on any atom is -0.257 e. The Bertz CT molecular complexity index is 324. The van der Waals surface area contributed by atoms with Crippen LogP contribution >= 0.6 is 0 Å². The van der Waals surface area contributed by atoms with Gasteiger partial charge in [-0.05, 0) is 24.1 Å². The number of aliphatic imine (C=N–C) groups is 1. The molecule has 0 unspecified atom stereocenters. The summed E-state index contributed by atoms with van der Waals surface area (Å²) in [5.74, 6) is 0. The first-order valence-electron chi connectivity index (χ1n) is 5.15. The van der Waals surface area contributed by atoms with Gasteiger partial charge in [-0.2, -0.15) is 0 Å². The first kappa shape index (κ1) is 13.6. The Morgan fingerprint density at radius 3 is 2.60 bits per heavy atom. The van der Waals surface area contributed by atoms with E-state index in [1.54, 1.807) is 0 Å². The molecular weight excluding hydrogens is 182 g/mol. The number of para-hydroxylation sites is 1. The molecule has 15 heavy (non-hydrogen) atoms. The van der Waals surface area contributed by atoms with Crippen molar-refractivity contribution in [3.05, 3.63) is 42.0 Å². The van der Waals surface area contributed by atoms with Gasteiger partial charge in [0, 0.05) is 6.21 Å². The number of benzene rings is 1. The fraction of sp³-hybridized carbons (Fsp3) is 0.357. The summed E-state index contributed by atoms with van der Waals surface area (Å²) in [7, 11) is 0. The van der Waals surface area contributed by atoms with E-state index in [9.17, 15) is 0 Å². The standard InChI is InChI=1S/C10H9N.C3H8.CH4/c1-2-7-10-9(5-1)6-3-4-8-11-10;1-3-2;/h1-5,7-8H,6H2;3H2,1-2H3;1H4. The van der Waals surface area contributed by atoms with Crippen molar-refractivity contribution in [2.45, 2.75) is 34.1 Å². The van der Waals surface area contributed by atoms with Crippen LogP contribution in [-0.4, -0.2) is 6.21 Å². The molecule has 0 saturated carbocycles. The highest BCUT2D eigenvalue weighted by molar-refractivity contribution is 5.76. The summed E-state index contributed by atoms with van der Waals surface area (Å²) in [5.41, 5.74) is 2.40. The van der Waals surface area contributed by atoms with Crippen LogP contribution < -0.4 is 0 Å². The van der Waals surface area contributed by atoms with Crippen LogP contribution in [0, 0.1) is 0 Å². The number of fused-ring (bicyclic) bond motifs is 1. The van der Waals surface area contributed by atoms with Crippen molar-refractivity contribution in [3.8, 4) is 0 Å². The Balaban J connectivity index is 0.000000443. The van der Waals surface area contributed by atoms with E-state index in [1.165, 1.54) is 12.0 Å². The van der Waals surface area contributed by atoms with Gasteiger partial charge in [-0.1, -0.05) is 52.0 Å². The van der Waals surface area contributed by atoms with Crippen LogP contribution in [0.15, 0.2) is 41.4 Å². The zero-order valence-corrected chi connectivity index (χ0v) is 8.90. The van der Waals surface area contributed by atoms with Crippen LogP contribution in [0.5, 0.6) is 0 Å². The molecule has 0 radical (unpaired) electrons. The maximum atomic E-state index is 4.27. The fourth-order valence-corrected chi connectivity index (χ4v) is 1.19. The predicted octanol–water partition coefficient (Wildman–Crippen LogP) is 4.55. The molecule has 1 aliphatic heterocycles. The van der Waals surface area contributed by atoms with Gasteiger partial charge in [0.15, 0.2) is 0 Å². The monoisotopic (exact) mass is 203 g/mol. The van der Waals surface area contributed by atoms with Crippen molar-refractivity contribution in [2.75, 3.05) is 0 Å². The Morgan fingerprint density at radius 1 is 1.20 bits per heavy atom. The summed E-state index contributed by atoms with van der Waals surface area (Å²) in [6, 6.07) is 8.22. The molecule has 0 aliphatic carbocycles. The second kappa shape index (κ2) is 7.98. The SMILES string of the molecule is C.C1=CCc2ccccc2N=C1.CCC. The molecule has 1 nitrogen and oxygen atoms in total. The highest BCUT2D eigenvalue weighted by atomic mass is 14.7. The second-order valence-electron chi connectivity index (χ2n) is 3.25. The summed E-state index contributed by atoms with van der Waals surface area (Å²) in [4.78, 5) is 4.27. The largest absolute Gasteiger partial charge is 0.257 e. The van der Waals surface area contributed by atoms with Crippen LogP contribution in [0.3, 0.4) is 0 Å². The molecule has 82 valence electrons. The lowest BCUT2D eigenvalue weighted by Gasteiger charge is -1.98. The summed E-state index contributed by atoms with van der Waals surface area (Å²) >= 11 is 0. The number of rotatable bonds is 0. The normalized spacial score (nSPS) is 11.6. The molecule has 1 aromatic carbocycles. The molecule has 0 fully saturated rings. The number of nitrogens with zero attached hydrogens (tertiary/aromatic N) is 1. The van der Waals surface area contributed by atoms with Gasteiger partial charge in [0.25, 0.3) is 0 Å². The lowest BCUT2D eigenvalue weighted by atomic mass is 10.1. The van der Waals surface area contributed by atoms with E-state index < -0.39 is 0 Å². The first-order chi connectivity index (χ1) is 6.88. The van der Waals surface area contributed by atoms with Gasteiger partial charge in [-0.15, -0.1) is 0 Å². The third-order valence-electron chi connectivity index (χ3n) is 1.77. The Labute approximate surface area is 93.6 Å². The molecule has 0 atom stereocenters. The van der Waals surface area contributed by atoms with Crippen LogP contribution in [0.25, 0.3) is 0 Å². The molecule has 1 aromatic rings. The van der Waals surface area contributed by atoms with Gasteiger partial charge < -0.3 is 0 Å². The third kappa shape index (κ3) is 4.59. The van der Waals surface area contributed by atoms with E-state index in [0.717, 1.165) is 12.1 Å². The molecule has 0 saturated heterocycles. The highest BCUT2D eigenvalue weighted by Crippen LogP contribution is 2.20. The van der Waals surface area contributed by atoms with Gasteiger partial charge in [0.05, 0.1) is 5.69 Å². The van der Waals surface area contributed by atoms with Gasteiger partial charge in [0.2, 0.25) is 0 Å². The summed E-state index contributed by atoms with van der Waals surface area (Å²) in [6.07, 6.45) is 8.19. The lowest BCUT2D eigenvalue weighted by molar-refractivity contribution is 1.09. The van der Waals surface area contributed by atoms with Crippen molar-refractivity contribution in [2.24, 2.45) is 4.99 Å². The van der Waals surface area contributed by atoms with Gasteiger partial charge >= 0.3 is 0 Å². The number of hydrogen-bond donors (Lipinski definition) is 0. The highest BCUT2D eigenvalue weighted by Gasteiger charge is 1.97. The van der Waals surface area contributed by atoms with E-state index in [4.69, 9.17) is 0 Å². The average molecular weight is 203 g/mol. The maximum Gasteiger partial charge on any atom is 0.0664 e. The molecule has 0 spiro atoms. The fourth-order valence-electron chi connectivity index (χ4n) is 1.19. The van der Waals surface area contributed by atoms with Gasteiger partial charge in [-0.25, -0.2) is 0 Å². The predicted molar refractivity (Wildman–Crippen MR) is 70.1 cm³/mol. The molecule has 0 aromatic heterocycles. The quantitative estimate of drug-likeness (QED) is 0.586. The van der Waals surface area contributed by atoms with Crippen LogP contribution in [0.2, 0.25) is 0 Å². The summed E-state index contributed by atoms with van der Waals surface area (Å²) in [5, 5.41) is 0. The van der Waals surface area contributed by atoms with Crippen molar-refractivity contribution in [1.82, 2.24) is 0 Å². The molecular formula is C14H21N. The van der Waals surface area contributed by atoms with E-state index in [1.807, 2.05) is 30.5 Å². The van der Waals surface area contributed by atoms with E-state index in [2.05, 4.69) is 31.0 Å². The van der Waals surface area contributed by atoms with Crippen molar-refractivity contribution >= 4 is 11.9 Å². The van der Waals surface area contributed by atoms with Crippen LogP contribution in [0.1, 0.15) is 33.3 Å². The van der Waals surface area contributed by atoms with Gasteiger partial charge in [-0.3, -0.25) is 4.99 Å². The Kier molecular flexibility index (Phi) is 7.25. The van der Waals surface area contributed by atoms with E-state index >= 15 is 0 Å². The van der Waals surface area contributed by atoms with Crippen LogP contribution in [-0.2, 0) is 6.42 Å². The summed E-state index contributed by atoms with van der Waals surface area (Å²) in [6.45, 7) is 4.25. The third-order valence-corrected chi connectivity index (χ3v) is 1.77. The topological polar surface area (TPSA) is 12.4 Å².